The Hall–Kier alpha value is -2.57. The third-order valence-corrected chi connectivity index (χ3v) is 6.19. The lowest BCUT2D eigenvalue weighted by Crippen LogP contribution is -2.62. The quantitative estimate of drug-likeness (QED) is 0.105. The molecule has 1 aromatic carbocycles. The first-order valence-electron chi connectivity index (χ1n) is 11.4. The van der Waals surface area contributed by atoms with Gasteiger partial charge in [0.15, 0.2) is 17.8 Å². The highest BCUT2D eigenvalue weighted by Gasteiger charge is 2.58. The van der Waals surface area contributed by atoms with Crippen LogP contribution in [0.5, 0.6) is 17.2 Å². The lowest BCUT2D eigenvalue weighted by Gasteiger charge is -2.43. The molecule has 0 spiro atoms. The van der Waals surface area contributed by atoms with Gasteiger partial charge in [-0.15, -0.1) is 0 Å². The number of benzene rings is 1. The molecule has 2 aliphatic rings. The molecular weight excluding hydrogens is 516 g/mol. The van der Waals surface area contributed by atoms with E-state index < -0.39 is 80.6 Å². The van der Waals surface area contributed by atoms with E-state index in [4.69, 9.17) is 28.4 Å². The Kier molecular flexibility index (Phi) is 9.88. The van der Waals surface area contributed by atoms with Crippen molar-refractivity contribution in [3.63, 3.8) is 0 Å². The summed E-state index contributed by atoms with van der Waals surface area (Å²) in [7, 11) is 2.68. The fourth-order valence-corrected chi connectivity index (χ4v) is 4.01. The minimum Gasteiger partial charge on any atom is -0.502 e. The van der Waals surface area contributed by atoms with Crippen molar-refractivity contribution < 1.29 is 74.1 Å². The van der Waals surface area contributed by atoms with Gasteiger partial charge in [-0.25, -0.2) is 4.79 Å². The van der Waals surface area contributed by atoms with E-state index in [2.05, 4.69) is 0 Å². The van der Waals surface area contributed by atoms with E-state index in [1.807, 2.05) is 0 Å². The third kappa shape index (κ3) is 6.02. The SMILES string of the molecule is COc1cc(/C=C/C(=O)OC[C@H]2O[C@@](CO)(O[C@H]3O[C@H](CO)[C@@H](O)[C@H](O)[C@H]3O)[C@@H](O)[C@@H]2O)cc(OC)c1O. The van der Waals surface area contributed by atoms with Crippen molar-refractivity contribution in [1.29, 1.82) is 0 Å². The maximum atomic E-state index is 12.2. The normalized spacial score (nSPS) is 35.4. The second-order valence-electron chi connectivity index (χ2n) is 8.61. The molecule has 0 amide bonds. The van der Waals surface area contributed by atoms with Gasteiger partial charge in [0, 0.05) is 6.08 Å². The molecule has 15 nitrogen and oxygen atoms in total. The van der Waals surface area contributed by atoms with Crippen LogP contribution >= 0.6 is 0 Å². The zero-order valence-electron chi connectivity index (χ0n) is 20.5. The summed E-state index contributed by atoms with van der Waals surface area (Å²) in [6.07, 6.45) is -11.1. The molecule has 15 heteroatoms. The summed E-state index contributed by atoms with van der Waals surface area (Å²) in [4.78, 5) is 12.2. The number of methoxy groups -OCH3 is 2. The summed E-state index contributed by atoms with van der Waals surface area (Å²) < 4.78 is 31.2. The van der Waals surface area contributed by atoms with E-state index in [1.165, 1.54) is 32.4 Å². The van der Waals surface area contributed by atoms with Crippen LogP contribution in [0.4, 0.5) is 0 Å². The van der Waals surface area contributed by atoms with E-state index in [9.17, 15) is 45.6 Å². The number of hydrogen-bond donors (Lipinski definition) is 8. The van der Waals surface area contributed by atoms with Crippen LogP contribution in [0.25, 0.3) is 6.08 Å². The van der Waals surface area contributed by atoms with Gasteiger partial charge in [0.05, 0.1) is 20.8 Å². The number of esters is 1. The van der Waals surface area contributed by atoms with Crippen LogP contribution in [0.15, 0.2) is 18.2 Å². The lowest BCUT2D eigenvalue weighted by atomic mass is 9.99. The Morgan fingerprint density at radius 3 is 2.16 bits per heavy atom. The molecule has 0 aliphatic carbocycles. The molecule has 1 aromatic rings. The molecule has 0 saturated carbocycles. The molecular formula is C23H32O15. The maximum Gasteiger partial charge on any atom is 0.330 e. The summed E-state index contributed by atoms with van der Waals surface area (Å²) in [6.45, 7) is -2.41. The van der Waals surface area contributed by atoms with Crippen molar-refractivity contribution in [2.24, 2.45) is 0 Å². The largest absolute Gasteiger partial charge is 0.502 e. The average Bonchev–Trinajstić information content (AvgIpc) is 3.16. The minimum atomic E-state index is -2.38. The van der Waals surface area contributed by atoms with Crippen LogP contribution in [-0.2, 0) is 23.7 Å². The summed E-state index contributed by atoms with van der Waals surface area (Å²) in [5, 5.41) is 80.1. The summed E-state index contributed by atoms with van der Waals surface area (Å²) in [6, 6.07) is 2.88. The van der Waals surface area contributed by atoms with E-state index in [0.717, 1.165) is 6.08 Å². The Bertz CT molecular complexity index is 959. The molecule has 0 unspecified atom stereocenters. The molecule has 0 bridgehead atoms. The minimum absolute atomic E-state index is 0.105. The predicted octanol–water partition coefficient (Wildman–Crippen LogP) is -3.41. The fraction of sp³-hybridized carbons (Fsp3) is 0.609. The van der Waals surface area contributed by atoms with E-state index in [0.29, 0.717) is 5.56 Å². The maximum absolute atomic E-state index is 12.2. The van der Waals surface area contributed by atoms with E-state index in [-0.39, 0.29) is 17.2 Å². The van der Waals surface area contributed by atoms with Crippen molar-refractivity contribution in [3.8, 4) is 17.2 Å². The summed E-state index contributed by atoms with van der Waals surface area (Å²) >= 11 is 0. The fourth-order valence-electron chi connectivity index (χ4n) is 4.01. The molecule has 3 rings (SSSR count). The van der Waals surface area contributed by atoms with Gasteiger partial charge in [0.25, 0.3) is 0 Å². The number of phenols is 1. The topological polar surface area (TPSA) is 234 Å². The van der Waals surface area contributed by atoms with Crippen LogP contribution in [0.2, 0.25) is 0 Å². The zero-order valence-corrected chi connectivity index (χ0v) is 20.5. The number of carbonyl (C=O) groups excluding carboxylic acids is 1. The highest BCUT2D eigenvalue weighted by atomic mass is 16.8. The van der Waals surface area contributed by atoms with Gasteiger partial charge in [-0.1, -0.05) is 0 Å². The van der Waals surface area contributed by atoms with Gasteiger partial charge < -0.3 is 69.3 Å². The lowest BCUT2D eigenvalue weighted by molar-refractivity contribution is -0.383. The number of aliphatic hydroxyl groups is 7. The second-order valence-corrected chi connectivity index (χ2v) is 8.61. The smallest absolute Gasteiger partial charge is 0.330 e. The molecule has 214 valence electrons. The Balaban J connectivity index is 1.65. The number of hydrogen-bond acceptors (Lipinski definition) is 15. The first-order valence-corrected chi connectivity index (χ1v) is 11.4. The van der Waals surface area contributed by atoms with Crippen LogP contribution < -0.4 is 9.47 Å². The standard InChI is InChI=1S/C23H32O15/c1-33-11-5-10(6-12(34-2)16(11)27)3-4-15(26)35-8-14-18(29)21(32)23(9-25,37-14)38-22-20(31)19(30)17(28)13(7-24)36-22/h3-6,13-14,17-22,24-25,27-32H,7-9H2,1-2H3/b4-3+/t13-,14-,17-,18-,19+,20-,21+,22-,23+/m1/s1. The van der Waals surface area contributed by atoms with Crippen LogP contribution in [0, 0.1) is 0 Å². The number of rotatable bonds is 10. The van der Waals surface area contributed by atoms with Gasteiger partial charge in [0.1, 0.15) is 55.9 Å². The van der Waals surface area contributed by atoms with Crippen molar-refractivity contribution in [3.05, 3.63) is 23.8 Å². The Morgan fingerprint density at radius 1 is 0.974 bits per heavy atom. The first kappa shape index (κ1) is 30.0. The summed E-state index contributed by atoms with van der Waals surface area (Å²) in [5.74, 6) is -3.27. The number of ether oxygens (including phenoxy) is 6. The van der Waals surface area contributed by atoms with Crippen molar-refractivity contribution in [2.75, 3.05) is 34.0 Å². The molecule has 2 saturated heterocycles. The monoisotopic (exact) mass is 548 g/mol. The van der Waals surface area contributed by atoms with Gasteiger partial charge in [-0.2, -0.15) is 0 Å². The molecule has 0 aromatic heterocycles. The van der Waals surface area contributed by atoms with Gasteiger partial charge >= 0.3 is 5.97 Å². The Morgan fingerprint density at radius 2 is 1.61 bits per heavy atom. The third-order valence-electron chi connectivity index (χ3n) is 6.19. The van der Waals surface area contributed by atoms with E-state index >= 15 is 0 Å². The van der Waals surface area contributed by atoms with E-state index in [1.54, 1.807) is 0 Å². The molecule has 8 N–H and O–H groups in total. The van der Waals surface area contributed by atoms with Crippen molar-refractivity contribution in [1.82, 2.24) is 0 Å². The predicted molar refractivity (Wildman–Crippen MR) is 123 cm³/mol. The number of carbonyl (C=O) groups is 1. The molecule has 38 heavy (non-hydrogen) atoms. The number of aromatic hydroxyl groups is 1. The number of phenolic OH excluding ortho intramolecular Hbond substituents is 1. The molecule has 2 aliphatic heterocycles. The van der Waals surface area contributed by atoms with Gasteiger partial charge in [-0.3, -0.25) is 0 Å². The molecule has 2 heterocycles. The molecule has 0 radical (unpaired) electrons. The van der Waals surface area contributed by atoms with Gasteiger partial charge in [0.2, 0.25) is 11.5 Å². The first-order chi connectivity index (χ1) is 18.0. The Labute approximate surface area is 216 Å². The van der Waals surface area contributed by atoms with Crippen molar-refractivity contribution in [2.45, 2.75) is 54.8 Å². The second kappa shape index (κ2) is 12.5. The highest BCUT2D eigenvalue weighted by Crippen LogP contribution is 2.38. The van der Waals surface area contributed by atoms with Crippen molar-refractivity contribution >= 4 is 12.0 Å². The molecule has 9 atom stereocenters. The highest BCUT2D eigenvalue weighted by molar-refractivity contribution is 5.87. The average molecular weight is 548 g/mol. The van der Waals surface area contributed by atoms with Crippen LogP contribution in [0.3, 0.4) is 0 Å². The summed E-state index contributed by atoms with van der Waals surface area (Å²) in [5.41, 5.74) is 0.424. The van der Waals surface area contributed by atoms with Gasteiger partial charge in [-0.05, 0) is 23.8 Å². The molecule has 2 fully saturated rings. The zero-order chi connectivity index (χ0) is 28.2. The van der Waals surface area contributed by atoms with Crippen LogP contribution in [0.1, 0.15) is 5.56 Å². The van der Waals surface area contributed by atoms with Crippen LogP contribution in [-0.4, -0.2) is 136 Å². The number of aliphatic hydroxyl groups excluding tert-OH is 7.